The van der Waals surface area contributed by atoms with Crippen molar-refractivity contribution in [3.8, 4) is 0 Å². The first-order valence-corrected chi connectivity index (χ1v) is 10.9. The lowest BCUT2D eigenvalue weighted by molar-refractivity contribution is 0.0981. The average molecular weight is 507 g/mol. The molecular formula is C21H21BrClN5OS. The second kappa shape index (κ2) is 9.78. The molecular weight excluding hydrogens is 486 g/mol. The van der Waals surface area contributed by atoms with Gasteiger partial charge in [0.05, 0.1) is 27.4 Å². The van der Waals surface area contributed by atoms with Gasteiger partial charge in [-0.1, -0.05) is 39.4 Å². The number of rotatable bonds is 6. The van der Waals surface area contributed by atoms with Crippen LogP contribution in [0.2, 0.25) is 0 Å². The molecule has 4 aromatic rings. The zero-order valence-electron chi connectivity index (χ0n) is 16.6. The Balaban J connectivity index is 0.00000256. The van der Waals surface area contributed by atoms with E-state index in [4.69, 9.17) is 4.98 Å². The third-order valence-corrected chi connectivity index (χ3v) is 6.00. The number of aromatic nitrogens is 3. The number of carbonyl (C=O) groups is 1. The van der Waals surface area contributed by atoms with Crippen molar-refractivity contribution < 1.29 is 4.79 Å². The molecule has 0 N–H and O–H groups in total. The molecule has 0 aliphatic rings. The van der Waals surface area contributed by atoms with Gasteiger partial charge in [0.15, 0.2) is 5.13 Å². The van der Waals surface area contributed by atoms with E-state index in [1.54, 1.807) is 11.1 Å². The summed E-state index contributed by atoms with van der Waals surface area (Å²) in [7, 11) is 4.05. The molecule has 0 unspecified atom stereocenters. The fraction of sp³-hybridized carbons (Fsp3) is 0.238. The molecule has 0 atom stereocenters. The van der Waals surface area contributed by atoms with Gasteiger partial charge < -0.3 is 4.90 Å². The third-order valence-electron chi connectivity index (χ3n) is 4.47. The number of hydrogen-bond donors (Lipinski definition) is 0. The number of fused-ring (bicyclic) bond motifs is 2. The monoisotopic (exact) mass is 505 g/mol. The fourth-order valence-corrected chi connectivity index (χ4v) is 4.57. The molecule has 9 heteroatoms. The minimum absolute atomic E-state index is 0. The van der Waals surface area contributed by atoms with Crippen molar-refractivity contribution in [2.24, 2.45) is 0 Å². The number of nitrogens with zero attached hydrogens (tertiary/aromatic N) is 5. The van der Waals surface area contributed by atoms with E-state index in [2.05, 4.69) is 30.8 Å². The van der Waals surface area contributed by atoms with E-state index >= 15 is 0 Å². The predicted molar refractivity (Wildman–Crippen MR) is 129 cm³/mol. The first-order valence-electron chi connectivity index (χ1n) is 9.26. The maximum atomic E-state index is 13.4. The molecule has 2 aromatic heterocycles. The maximum Gasteiger partial charge on any atom is 0.280 e. The first-order chi connectivity index (χ1) is 14.0. The third kappa shape index (κ3) is 4.95. The van der Waals surface area contributed by atoms with E-state index in [1.807, 2.05) is 56.6 Å². The van der Waals surface area contributed by atoms with Gasteiger partial charge in [-0.15, -0.1) is 12.4 Å². The van der Waals surface area contributed by atoms with Gasteiger partial charge in [-0.05, 0) is 57.4 Å². The number of anilines is 1. The van der Waals surface area contributed by atoms with Crippen molar-refractivity contribution in [1.82, 2.24) is 19.9 Å². The highest BCUT2D eigenvalue weighted by Crippen LogP contribution is 2.31. The van der Waals surface area contributed by atoms with Crippen LogP contribution in [-0.2, 0) is 0 Å². The Morgan fingerprint density at radius 3 is 2.57 bits per heavy atom. The summed E-state index contributed by atoms with van der Waals surface area (Å²) in [6, 6.07) is 13.5. The van der Waals surface area contributed by atoms with Gasteiger partial charge in [0, 0.05) is 11.0 Å². The zero-order valence-corrected chi connectivity index (χ0v) is 19.8. The van der Waals surface area contributed by atoms with Crippen LogP contribution in [0.15, 0.2) is 53.1 Å². The standard InChI is InChI=1S/C21H20BrN5OS.ClH/c1-26(2)10-5-11-27(21-25-17-9-8-14(22)12-19(17)29-21)20(28)18-13-23-15-6-3-4-7-16(15)24-18;/h3-4,6-9,12-13H,5,10-11H2,1-2H3;1H. The van der Waals surface area contributed by atoms with Crippen LogP contribution in [0.5, 0.6) is 0 Å². The lowest BCUT2D eigenvalue weighted by Gasteiger charge is -2.20. The molecule has 30 heavy (non-hydrogen) atoms. The maximum absolute atomic E-state index is 13.4. The van der Waals surface area contributed by atoms with Crippen LogP contribution in [0.1, 0.15) is 16.9 Å². The second-order valence-corrected chi connectivity index (χ2v) is 8.89. The normalized spacial score (nSPS) is 11.1. The van der Waals surface area contributed by atoms with Crippen molar-refractivity contribution in [2.75, 3.05) is 32.1 Å². The van der Waals surface area contributed by atoms with Crippen molar-refractivity contribution in [2.45, 2.75) is 6.42 Å². The van der Waals surface area contributed by atoms with Crippen LogP contribution in [0.4, 0.5) is 5.13 Å². The zero-order chi connectivity index (χ0) is 20.4. The van der Waals surface area contributed by atoms with Crippen molar-refractivity contribution in [1.29, 1.82) is 0 Å². The molecule has 0 saturated heterocycles. The van der Waals surface area contributed by atoms with Crippen LogP contribution >= 0.6 is 39.7 Å². The van der Waals surface area contributed by atoms with E-state index in [-0.39, 0.29) is 18.3 Å². The smallest absolute Gasteiger partial charge is 0.280 e. The topological polar surface area (TPSA) is 62.2 Å². The van der Waals surface area contributed by atoms with Crippen LogP contribution in [0.3, 0.4) is 0 Å². The van der Waals surface area contributed by atoms with Crippen LogP contribution in [0, 0.1) is 0 Å². The summed E-state index contributed by atoms with van der Waals surface area (Å²) in [5.74, 6) is -0.180. The predicted octanol–water partition coefficient (Wildman–Crippen LogP) is 5.02. The van der Waals surface area contributed by atoms with Gasteiger partial charge >= 0.3 is 0 Å². The largest absolute Gasteiger partial charge is 0.309 e. The average Bonchev–Trinajstić information content (AvgIpc) is 3.13. The highest BCUT2D eigenvalue weighted by molar-refractivity contribution is 9.10. The molecule has 0 saturated carbocycles. The Kier molecular flexibility index (Phi) is 7.36. The van der Waals surface area contributed by atoms with E-state index < -0.39 is 0 Å². The number of halogens is 2. The number of carbonyl (C=O) groups excluding carboxylic acids is 1. The van der Waals surface area contributed by atoms with Crippen LogP contribution < -0.4 is 4.90 Å². The van der Waals surface area contributed by atoms with Gasteiger partial charge in [0.25, 0.3) is 5.91 Å². The molecule has 0 spiro atoms. The molecule has 0 aliphatic heterocycles. The molecule has 6 nitrogen and oxygen atoms in total. The highest BCUT2D eigenvalue weighted by Gasteiger charge is 2.23. The Morgan fingerprint density at radius 2 is 1.80 bits per heavy atom. The van der Waals surface area contributed by atoms with Crippen molar-refractivity contribution in [3.05, 3.63) is 58.8 Å². The van der Waals surface area contributed by atoms with Crippen LogP contribution in [0.25, 0.3) is 21.3 Å². The summed E-state index contributed by atoms with van der Waals surface area (Å²) < 4.78 is 2.02. The summed E-state index contributed by atoms with van der Waals surface area (Å²) >= 11 is 5.01. The van der Waals surface area contributed by atoms with Crippen molar-refractivity contribution >= 4 is 72.0 Å². The van der Waals surface area contributed by atoms with E-state index in [0.29, 0.717) is 22.9 Å². The van der Waals surface area contributed by atoms with Gasteiger partial charge in [-0.3, -0.25) is 14.7 Å². The van der Waals surface area contributed by atoms with E-state index in [1.165, 1.54) is 11.3 Å². The minimum Gasteiger partial charge on any atom is -0.309 e. The summed E-state index contributed by atoms with van der Waals surface area (Å²) in [5, 5.41) is 0.678. The minimum atomic E-state index is -0.180. The summed E-state index contributed by atoms with van der Waals surface area (Å²) in [6.07, 6.45) is 2.38. The number of para-hydroxylation sites is 2. The van der Waals surface area contributed by atoms with Gasteiger partial charge in [0.2, 0.25) is 0 Å². The number of thiazole rings is 1. The van der Waals surface area contributed by atoms with Crippen LogP contribution in [-0.4, -0.2) is 52.9 Å². The number of benzene rings is 2. The first kappa shape index (κ1) is 22.6. The molecule has 0 fully saturated rings. The molecule has 2 heterocycles. The Morgan fingerprint density at radius 1 is 1.03 bits per heavy atom. The molecule has 2 aromatic carbocycles. The summed E-state index contributed by atoms with van der Waals surface area (Å²) in [6.45, 7) is 1.44. The van der Waals surface area contributed by atoms with Crippen molar-refractivity contribution in [3.63, 3.8) is 0 Å². The lowest BCUT2D eigenvalue weighted by atomic mass is 10.2. The Bertz CT molecular complexity index is 1180. The molecule has 0 bridgehead atoms. The molecule has 0 radical (unpaired) electrons. The Labute approximate surface area is 193 Å². The molecule has 1 amide bonds. The van der Waals surface area contributed by atoms with E-state index in [9.17, 15) is 4.79 Å². The SMILES string of the molecule is CN(C)CCCN(C(=O)c1cnc2ccccc2n1)c1nc2ccc(Br)cc2s1.Cl. The quantitative estimate of drug-likeness (QED) is 0.367. The lowest BCUT2D eigenvalue weighted by Crippen LogP contribution is -2.34. The summed E-state index contributed by atoms with van der Waals surface area (Å²) in [5.41, 5.74) is 2.69. The second-order valence-electron chi connectivity index (χ2n) is 6.97. The van der Waals surface area contributed by atoms with E-state index in [0.717, 1.165) is 33.2 Å². The Hall–Kier alpha value is -2.13. The summed E-state index contributed by atoms with van der Waals surface area (Å²) in [4.78, 5) is 30.8. The van der Waals surface area contributed by atoms with Gasteiger partial charge in [0.1, 0.15) is 5.69 Å². The number of amides is 1. The fourth-order valence-electron chi connectivity index (χ4n) is 3.03. The number of hydrogen-bond acceptors (Lipinski definition) is 6. The highest BCUT2D eigenvalue weighted by atomic mass is 79.9. The van der Waals surface area contributed by atoms with Gasteiger partial charge in [-0.25, -0.2) is 9.97 Å². The molecule has 156 valence electrons. The molecule has 0 aliphatic carbocycles. The van der Waals surface area contributed by atoms with Gasteiger partial charge in [-0.2, -0.15) is 0 Å². The molecule has 4 rings (SSSR count).